The van der Waals surface area contributed by atoms with Gasteiger partial charge in [-0.15, -0.1) is 11.3 Å². The lowest BCUT2D eigenvalue weighted by Crippen LogP contribution is -2.49. The van der Waals surface area contributed by atoms with Crippen molar-refractivity contribution in [3.63, 3.8) is 0 Å². The highest BCUT2D eigenvalue weighted by atomic mass is 32.1. The molecule has 0 spiro atoms. The van der Waals surface area contributed by atoms with Crippen molar-refractivity contribution in [2.75, 3.05) is 32.7 Å². The largest absolute Gasteiger partial charge is 0.340 e. The van der Waals surface area contributed by atoms with Crippen LogP contribution in [0.2, 0.25) is 0 Å². The molecule has 8 heteroatoms. The topological polar surface area (TPSA) is 75.4 Å². The summed E-state index contributed by atoms with van der Waals surface area (Å²) in [5.41, 5.74) is 3.07. The molecule has 0 saturated carbocycles. The van der Waals surface area contributed by atoms with Crippen LogP contribution in [0.1, 0.15) is 28.6 Å². The normalized spacial score (nSPS) is 14.9. The lowest BCUT2D eigenvalue weighted by atomic mass is 10.1. The summed E-state index contributed by atoms with van der Waals surface area (Å²) in [4.78, 5) is 25.7. The van der Waals surface area contributed by atoms with Crippen molar-refractivity contribution in [2.24, 2.45) is 0 Å². The van der Waals surface area contributed by atoms with Gasteiger partial charge in [0.25, 0.3) is 0 Å². The molecular weight excluding hydrogens is 398 g/mol. The van der Waals surface area contributed by atoms with Crippen LogP contribution in [0.5, 0.6) is 0 Å². The fraction of sp³-hybridized carbons (Fsp3) is 0.455. The number of amides is 1. The SMILES string of the molecule is Cc1ccc(-c2noc(CCCN3CCN(C(=O)Cc4csc(C)n4)CC3)n2)cc1. The lowest BCUT2D eigenvalue weighted by Gasteiger charge is -2.34. The van der Waals surface area contributed by atoms with Crippen LogP contribution in [0.15, 0.2) is 34.2 Å². The molecule has 0 N–H and O–H groups in total. The number of carbonyl (C=O) groups excluding carboxylic acids is 1. The number of hydrogen-bond acceptors (Lipinski definition) is 7. The number of nitrogens with zero attached hydrogens (tertiary/aromatic N) is 5. The number of carbonyl (C=O) groups is 1. The molecule has 0 radical (unpaired) electrons. The molecule has 0 bridgehead atoms. The molecule has 0 unspecified atom stereocenters. The molecule has 1 aliphatic heterocycles. The maximum atomic E-state index is 12.5. The van der Waals surface area contributed by atoms with Gasteiger partial charge in [-0.1, -0.05) is 35.0 Å². The van der Waals surface area contributed by atoms with Crippen LogP contribution in [-0.4, -0.2) is 63.6 Å². The zero-order chi connectivity index (χ0) is 20.9. The molecular formula is C22H27N5O2S. The average molecular weight is 426 g/mol. The first-order chi connectivity index (χ1) is 14.6. The van der Waals surface area contributed by atoms with Crippen molar-refractivity contribution in [3.8, 4) is 11.4 Å². The molecule has 4 rings (SSSR count). The Balaban J connectivity index is 1.18. The minimum atomic E-state index is 0.175. The molecule has 158 valence electrons. The third kappa shape index (κ3) is 5.31. The number of piperazine rings is 1. The summed E-state index contributed by atoms with van der Waals surface area (Å²) in [5.74, 6) is 1.50. The summed E-state index contributed by atoms with van der Waals surface area (Å²) in [5, 5.41) is 7.09. The molecule has 0 aliphatic carbocycles. The fourth-order valence-corrected chi connectivity index (χ4v) is 4.22. The number of aromatic nitrogens is 3. The van der Waals surface area contributed by atoms with Crippen LogP contribution < -0.4 is 0 Å². The highest BCUT2D eigenvalue weighted by Crippen LogP contribution is 2.17. The smallest absolute Gasteiger partial charge is 0.228 e. The first-order valence-corrected chi connectivity index (χ1v) is 11.3. The highest BCUT2D eigenvalue weighted by molar-refractivity contribution is 7.09. The standard InChI is InChI=1S/C22H27N5O2S/c1-16-5-7-18(8-6-16)22-24-20(29-25-22)4-3-9-26-10-12-27(13-11-26)21(28)14-19-15-30-17(2)23-19/h5-8,15H,3-4,9-14H2,1-2H3. The maximum Gasteiger partial charge on any atom is 0.228 e. The first-order valence-electron chi connectivity index (χ1n) is 10.4. The Labute approximate surface area is 180 Å². The number of aryl methyl sites for hydroxylation is 3. The lowest BCUT2D eigenvalue weighted by molar-refractivity contribution is -0.132. The third-order valence-corrected chi connectivity index (χ3v) is 6.19. The van der Waals surface area contributed by atoms with E-state index in [1.165, 1.54) is 5.56 Å². The van der Waals surface area contributed by atoms with Crippen molar-refractivity contribution in [2.45, 2.75) is 33.1 Å². The summed E-state index contributed by atoms with van der Waals surface area (Å²) in [6.45, 7) is 8.36. The van der Waals surface area contributed by atoms with Crippen molar-refractivity contribution in [1.29, 1.82) is 0 Å². The number of hydrogen-bond donors (Lipinski definition) is 0. The van der Waals surface area contributed by atoms with Crippen molar-refractivity contribution >= 4 is 17.2 Å². The van der Waals surface area contributed by atoms with Gasteiger partial charge in [0.05, 0.1) is 17.1 Å². The van der Waals surface area contributed by atoms with E-state index in [4.69, 9.17) is 4.52 Å². The Morgan fingerprint density at radius 2 is 1.87 bits per heavy atom. The number of benzene rings is 1. The van der Waals surface area contributed by atoms with Crippen molar-refractivity contribution < 1.29 is 9.32 Å². The van der Waals surface area contributed by atoms with Crippen LogP contribution in [0.25, 0.3) is 11.4 Å². The van der Waals surface area contributed by atoms with Crippen LogP contribution in [-0.2, 0) is 17.6 Å². The van der Waals surface area contributed by atoms with Gasteiger partial charge in [-0.2, -0.15) is 4.98 Å². The van der Waals surface area contributed by atoms with Gasteiger partial charge in [0, 0.05) is 43.5 Å². The van der Waals surface area contributed by atoms with Crippen LogP contribution in [0, 0.1) is 13.8 Å². The molecule has 1 aromatic carbocycles. The zero-order valence-electron chi connectivity index (χ0n) is 17.5. The van der Waals surface area contributed by atoms with Crippen LogP contribution in [0.3, 0.4) is 0 Å². The molecule has 7 nitrogen and oxygen atoms in total. The second-order valence-corrected chi connectivity index (χ2v) is 8.80. The minimum absolute atomic E-state index is 0.175. The van der Waals surface area contributed by atoms with E-state index in [0.29, 0.717) is 18.1 Å². The van der Waals surface area contributed by atoms with Crippen molar-refractivity contribution in [1.82, 2.24) is 24.9 Å². The fourth-order valence-electron chi connectivity index (χ4n) is 3.61. The third-order valence-electron chi connectivity index (χ3n) is 5.37. The Bertz CT molecular complexity index is 974. The quantitative estimate of drug-likeness (QED) is 0.579. The number of rotatable bonds is 7. The van der Waals surface area contributed by atoms with E-state index in [0.717, 1.165) is 61.8 Å². The summed E-state index contributed by atoms with van der Waals surface area (Å²) < 4.78 is 5.41. The molecule has 3 aromatic rings. The zero-order valence-corrected chi connectivity index (χ0v) is 18.3. The van der Waals surface area contributed by atoms with Gasteiger partial charge in [-0.3, -0.25) is 9.69 Å². The molecule has 1 saturated heterocycles. The Kier molecular flexibility index (Phi) is 6.54. The monoisotopic (exact) mass is 425 g/mol. The molecule has 0 atom stereocenters. The summed E-state index contributed by atoms with van der Waals surface area (Å²) >= 11 is 1.59. The van der Waals surface area contributed by atoms with Gasteiger partial charge < -0.3 is 9.42 Å². The van der Waals surface area contributed by atoms with Crippen LogP contribution in [0.4, 0.5) is 0 Å². The van der Waals surface area contributed by atoms with Gasteiger partial charge >= 0.3 is 0 Å². The van der Waals surface area contributed by atoms with Crippen molar-refractivity contribution in [3.05, 3.63) is 51.8 Å². The Hall–Kier alpha value is -2.58. The molecule has 1 aliphatic rings. The highest BCUT2D eigenvalue weighted by Gasteiger charge is 2.21. The second-order valence-electron chi connectivity index (χ2n) is 7.74. The van der Waals surface area contributed by atoms with E-state index >= 15 is 0 Å². The predicted octanol–water partition coefficient (Wildman–Crippen LogP) is 3.13. The van der Waals surface area contributed by atoms with E-state index in [1.807, 2.05) is 41.5 Å². The first kappa shape index (κ1) is 20.7. The minimum Gasteiger partial charge on any atom is -0.340 e. The Morgan fingerprint density at radius 3 is 2.57 bits per heavy atom. The summed E-state index contributed by atoms with van der Waals surface area (Å²) in [6, 6.07) is 8.13. The molecule has 3 heterocycles. The van der Waals surface area contributed by atoms with E-state index < -0.39 is 0 Å². The average Bonchev–Trinajstić information content (AvgIpc) is 3.38. The van der Waals surface area contributed by atoms with Gasteiger partial charge in [0.1, 0.15) is 0 Å². The molecule has 1 fully saturated rings. The van der Waals surface area contributed by atoms with E-state index in [-0.39, 0.29) is 5.91 Å². The molecule has 1 amide bonds. The summed E-state index contributed by atoms with van der Waals surface area (Å²) in [7, 11) is 0. The van der Waals surface area contributed by atoms with E-state index in [2.05, 4.69) is 26.9 Å². The van der Waals surface area contributed by atoms with Gasteiger partial charge in [0.15, 0.2) is 0 Å². The molecule has 2 aromatic heterocycles. The summed E-state index contributed by atoms with van der Waals surface area (Å²) in [6.07, 6.45) is 2.13. The predicted molar refractivity (Wildman–Crippen MR) is 116 cm³/mol. The van der Waals surface area contributed by atoms with E-state index in [9.17, 15) is 4.79 Å². The Morgan fingerprint density at radius 1 is 1.10 bits per heavy atom. The maximum absolute atomic E-state index is 12.5. The van der Waals surface area contributed by atoms with E-state index in [1.54, 1.807) is 11.3 Å². The van der Waals surface area contributed by atoms with Gasteiger partial charge in [-0.25, -0.2) is 4.98 Å². The molecule has 30 heavy (non-hydrogen) atoms. The number of thiazole rings is 1. The van der Waals surface area contributed by atoms with Gasteiger partial charge in [0.2, 0.25) is 17.6 Å². The second kappa shape index (κ2) is 9.49. The van der Waals surface area contributed by atoms with Gasteiger partial charge in [-0.05, 0) is 26.8 Å². The van der Waals surface area contributed by atoms with Crippen LogP contribution >= 0.6 is 11.3 Å².